The average Bonchev–Trinajstić information content (AvgIpc) is 2.25. The summed E-state index contributed by atoms with van der Waals surface area (Å²) in [4.78, 5) is 0. The van der Waals surface area contributed by atoms with Crippen molar-refractivity contribution in [2.75, 3.05) is 0 Å². The highest BCUT2D eigenvalue weighted by Gasteiger charge is 1.98. The molecule has 0 aromatic carbocycles. The predicted molar refractivity (Wildman–Crippen MR) is 80.6 cm³/mol. The molecule has 0 aliphatic carbocycles. The lowest BCUT2D eigenvalue weighted by molar-refractivity contribution is 0.577. The first-order valence-corrected chi connectivity index (χ1v) is 9.35. The Morgan fingerprint density at radius 1 is 0.875 bits per heavy atom. The highest BCUT2D eigenvalue weighted by molar-refractivity contribution is 6.68. The third-order valence-electron chi connectivity index (χ3n) is 2.83. The zero-order chi connectivity index (χ0) is 12.1. The van der Waals surface area contributed by atoms with E-state index in [0.29, 0.717) is 0 Å². The number of unbranched alkanes of at least 4 members (excludes halogenated alkanes) is 8. The second kappa shape index (κ2) is 13.6. The lowest BCUT2D eigenvalue weighted by Gasteiger charge is -2.02. The summed E-state index contributed by atoms with van der Waals surface area (Å²) in [6, 6.07) is 1.32. The molecule has 0 radical (unpaired) electrons. The Hall–Kier alpha value is 0.537. The number of halogens is 2. The molecule has 0 rings (SSSR count). The molecule has 0 aromatic rings. The molecule has 0 spiro atoms. The Kier molecular flexibility index (Phi) is 14.1. The van der Waals surface area contributed by atoms with Crippen molar-refractivity contribution in [1.29, 1.82) is 0 Å². The quantitative estimate of drug-likeness (QED) is 0.204. The number of hydrogen-bond acceptors (Lipinski definition) is 0. The molecule has 0 aliphatic heterocycles. The molecule has 96 valence electrons. The third kappa shape index (κ3) is 14.5. The highest BCUT2D eigenvalue weighted by Crippen LogP contribution is 2.11. The van der Waals surface area contributed by atoms with Crippen LogP contribution in [0.1, 0.15) is 57.8 Å². The monoisotopic (exact) mass is 280 g/mol. The van der Waals surface area contributed by atoms with Gasteiger partial charge in [0.25, 0.3) is 0 Å². The minimum absolute atomic E-state index is 0.0233. The van der Waals surface area contributed by atoms with E-state index in [1.807, 2.05) is 6.08 Å². The molecule has 16 heavy (non-hydrogen) atoms. The largest absolute Gasteiger partial charge is 0.110 e. The van der Waals surface area contributed by atoms with Gasteiger partial charge in [0.1, 0.15) is 0 Å². The Balaban J connectivity index is 2.90. The first-order chi connectivity index (χ1) is 7.77. The first-order valence-electron chi connectivity index (χ1n) is 6.66. The molecule has 0 unspecified atom stereocenters. The smallest absolute Gasteiger partial charge is 0.0908 e. The van der Waals surface area contributed by atoms with E-state index in [1.165, 1.54) is 63.8 Å². The van der Waals surface area contributed by atoms with Crippen LogP contribution in [0.15, 0.2) is 12.7 Å². The molecule has 0 saturated heterocycles. The van der Waals surface area contributed by atoms with Gasteiger partial charge in [0.2, 0.25) is 0 Å². The fourth-order valence-corrected chi connectivity index (χ4v) is 3.70. The maximum Gasteiger partial charge on any atom is 0.0908 e. The second-order valence-electron chi connectivity index (χ2n) is 4.44. The van der Waals surface area contributed by atoms with Crippen LogP contribution >= 0.6 is 23.2 Å². The van der Waals surface area contributed by atoms with Gasteiger partial charge >= 0.3 is 0 Å². The van der Waals surface area contributed by atoms with Gasteiger partial charge in [0.15, 0.2) is 0 Å². The fourth-order valence-electron chi connectivity index (χ4n) is 1.82. The maximum atomic E-state index is 5.72. The summed E-state index contributed by atoms with van der Waals surface area (Å²) in [6.45, 7) is 3.73. The molecule has 0 N–H and O–H groups in total. The standard InChI is InChI=1S/C13H26Cl2Si/c1-2-3-4-5-6-7-8-9-10-11-12-16-13(14)15/h2,13H,1,3-12,16H2. The maximum absolute atomic E-state index is 5.72. The van der Waals surface area contributed by atoms with Gasteiger partial charge in [-0.05, 0) is 12.8 Å². The molecule has 0 bridgehead atoms. The average molecular weight is 281 g/mol. The summed E-state index contributed by atoms with van der Waals surface area (Å²) >= 11 is 11.4. The van der Waals surface area contributed by atoms with E-state index in [0.717, 1.165) is 0 Å². The summed E-state index contributed by atoms with van der Waals surface area (Å²) in [6.07, 6.45) is 14.2. The minimum Gasteiger partial charge on any atom is -0.110 e. The number of alkyl halides is 2. The van der Waals surface area contributed by atoms with Crippen LogP contribution in [0, 0.1) is 0 Å². The van der Waals surface area contributed by atoms with Crippen molar-refractivity contribution in [3.8, 4) is 0 Å². The van der Waals surface area contributed by atoms with Crippen LogP contribution in [0.5, 0.6) is 0 Å². The lowest BCUT2D eigenvalue weighted by Crippen LogP contribution is -1.99. The molecule has 0 fully saturated rings. The molecule has 0 nitrogen and oxygen atoms in total. The molecular formula is C13H26Cl2Si. The van der Waals surface area contributed by atoms with Crippen molar-refractivity contribution >= 4 is 32.7 Å². The van der Waals surface area contributed by atoms with Gasteiger partial charge in [0, 0.05) is 0 Å². The van der Waals surface area contributed by atoms with Crippen molar-refractivity contribution in [3.63, 3.8) is 0 Å². The number of allylic oxidation sites excluding steroid dienone is 1. The van der Waals surface area contributed by atoms with Gasteiger partial charge in [-0.3, -0.25) is 0 Å². The molecule has 0 atom stereocenters. The minimum atomic E-state index is -0.186. The highest BCUT2D eigenvalue weighted by atomic mass is 35.5. The molecule has 0 aromatic heterocycles. The number of hydrogen-bond donors (Lipinski definition) is 0. The molecular weight excluding hydrogens is 255 g/mol. The van der Waals surface area contributed by atoms with Crippen molar-refractivity contribution in [1.82, 2.24) is 0 Å². The topological polar surface area (TPSA) is 0 Å². The van der Waals surface area contributed by atoms with Crippen LogP contribution in [-0.2, 0) is 0 Å². The summed E-state index contributed by atoms with van der Waals surface area (Å²) in [7, 11) is -0.186. The second-order valence-corrected chi connectivity index (χ2v) is 8.85. The lowest BCUT2D eigenvalue weighted by atomic mass is 10.1. The first kappa shape index (κ1) is 16.5. The Morgan fingerprint density at radius 2 is 1.38 bits per heavy atom. The van der Waals surface area contributed by atoms with Gasteiger partial charge in [-0.15, -0.1) is 29.8 Å². The zero-order valence-electron chi connectivity index (χ0n) is 10.4. The summed E-state index contributed by atoms with van der Waals surface area (Å²) in [5.41, 5.74) is 0. The van der Waals surface area contributed by atoms with E-state index in [1.54, 1.807) is 0 Å². The summed E-state index contributed by atoms with van der Waals surface area (Å²) in [5, 5.41) is 0. The van der Waals surface area contributed by atoms with E-state index in [-0.39, 0.29) is 14.0 Å². The predicted octanol–water partition coefficient (Wildman–Crippen LogP) is 5.03. The van der Waals surface area contributed by atoms with Crippen LogP contribution in [0.3, 0.4) is 0 Å². The fraction of sp³-hybridized carbons (Fsp3) is 0.846. The normalized spacial score (nSPS) is 11.7. The molecule has 0 aliphatic rings. The molecule has 3 heteroatoms. The number of rotatable bonds is 12. The van der Waals surface area contributed by atoms with E-state index >= 15 is 0 Å². The SMILES string of the molecule is C=CCCCCCCCCCC[SiH2]C(Cl)Cl. The van der Waals surface area contributed by atoms with Crippen molar-refractivity contribution < 1.29 is 0 Å². The summed E-state index contributed by atoms with van der Waals surface area (Å²) < 4.78 is -0.0233. The third-order valence-corrected chi connectivity index (χ3v) is 5.48. The van der Waals surface area contributed by atoms with Crippen LogP contribution in [0.4, 0.5) is 0 Å². The van der Waals surface area contributed by atoms with Gasteiger partial charge in [-0.2, -0.15) is 0 Å². The Labute approximate surface area is 114 Å². The van der Waals surface area contributed by atoms with Crippen LogP contribution in [-0.4, -0.2) is 14.0 Å². The van der Waals surface area contributed by atoms with Crippen LogP contribution in [0.25, 0.3) is 0 Å². The summed E-state index contributed by atoms with van der Waals surface area (Å²) in [5.74, 6) is 0. The molecule has 0 heterocycles. The van der Waals surface area contributed by atoms with E-state index in [2.05, 4.69) is 6.58 Å². The zero-order valence-corrected chi connectivity index (χ0v) is 13.3. The molecule has 0 saturated carbocycles. The van der Waals surface area contributed by atoms with Crippen molar-refractivity contribution in [2.45, 2.75) is 68.3 Å². The van der Waals surface area contributed by atoms with E-state index in [4.69, 9.17) is 23.2 Å². The molecule has 0 amide bonds. The van der Waals surface area contributed by atoms with E-state index in [9.17, 15) is 0 Å². The Bertz CT molecular complexity index is 149. The van der Waals surface area contributed by atoms with Crippen LogP contribution < -0.4 is 0 Å². The van der Waals surface area contributed by atoms with Crippen molar-refractivity contribution in [3.05, 3.63) is 12.7 Å². The van der Waals surface area contributed by atoms with Crippen molar-refractivity contribution in [2.24, 2.45) is 0 Å². The van der Waals surface area contributed by atoms with Gasteiger partial charge < -0.3 is 0 Å². The van der Waals surface area contributed by atoms with Gasteiger partial charge in [-0.1, -0.05) is 57.1 Å². The van der Waals surface area contributed by atoms with Gasteiger partial charge in [0.05, 0.1) is 14.0 Å². The van der Waals surface area contributed by atoms with E-state index < -0.39 is 0 Å². The Morgan fingerprint density at radius 3 is 1.88 bits per heavy atom. The van der Waals surface area contributed by atoms with Crippen LogP contribution in [0.2, 0.25) is 6.04 Å². The van der Waals surface area contributed by atoms with Gasteiger partial charge in [-0.25, -0.2) is 0 Å².